The van der Waals surface area contributed by atoms with Crippen LogP contribution in [0.2, 0.25) is 0 Å². The van der Waals surface area contributed by atoms with Gasteiger partial charge < -0.3 is 14.8 Å². The first-order chi connectivity index (χ1) is 10.2. The molecule has 0 spiro atoms. The lowest BCUT2D eigenvalue weighted by atomic mass is 10.2. The molecule has 1 aliphatic rings. The molecule has 0 saturated carbocycles. The monoisotopic (exact) mass is 395 g/mol. The lowest BCUT2D eigenvalue weighted by molar-refractivity contribution is 0.0789. The summed E-state index contributed by atoms with van der Waals surface area (Å²) in [6.07, 6.45) is -0.173. The molecule has 1 amide bonds. The number of para-hydroxylation sites is 2. The summed E-state index contributed by atoms with van der Waals surface area (Å²) in [6, 6.07) is 15.0. The molecule has 0 aromatic heterocycles. The molecule has 5 heteroatoms. The van der Waals surface area contributed by atoms with Crippen molar-refractivity contribution in [1.82, 2.24) is 5.32 Å². The fourth-order valence-electron chi connectivity index (χ4n) is 2.07. The molecular weight excluding hydrogens is 381 g/mol. The van der Waals surface area contributed by atoms with E-state index >= 15 is 0 Å². The first kappa shape index (κ1) is 14.2. The Labute approximate surface area is 136 Å². The van der Waals surface area contributed by atoms with Gasteiger partial charge in [-0.25, -0.2) is 0 Å². The standard InChI is InChI=1S/C16H14INO3/c17-12-7-5-11(6-8-12)16(19)18-9-13-10-20-14-3-1-2-4-15(14)21-13/h1-8,13H,9-10H2,(H,18,19)/t13-/m1/s1. The number of nitrogens with one attached hydrogen (secondary N) is 1. The summed E-state index contributed by atoms with van der Waals surface area (Å²) in [5, 5.41) is 2.87. The van der Waals surface area contributed by atoms with Crippen molar-refractivity contribution >= 4 is 28.5 Å². The van der Waals surface area contributed by atoms with Crippen LogP contribution in [0.4, 0.5) is 0 Å². The number of carbonyl (C=O) groups is 1. The van der Waals surface area contributed by atoms with Gasteiger partial charge in [-0.3, -0.25) is 4.79 Å². The van der Waals surface area contributed by atoms with Gasteiger partial charge in [0.1, 0.15) is 12.7 Å². The lowest BCUT2D eigenvalue weighted by Gasteiger charge is -2.26. The predicted octanol–water partition coefficient (Wildman–Crippen LogP) is 2.86. The minimum atomic E-state index is -0.173. The average Bonchev–Trinajstić information content (AvgIpc) is 2.53. The Morgan fingerprint density at radius 2 is 1.86 bits per heavy atom. The second-order valence-corrected chi connectivity index (χ2v) is 5.96. The molecule has 0 fully saturated rings. The summed E-state index contributed by atoms with van der Waals surface area (Å²) >= 11 is 2.21. The SMILES string of the molecule is O=C(NC[C@@H]1COc2ccccc2O1)c1ccc(I)cc1. The van der Waals surface area contributed by atoms with Gasteiger partial charge in [0, 0.05) is 9.13 Å². The van der Waals surface area contributed by atoms with Gasteiger partial charge in [-0.05, 0) is 59.0 Å². The molecule has 2 aromatic carbocycles. The maximum Gasteiger partial charge on any atom is 0.251 e. The smallest absolute Gasteiger partial charge is 0.251 e. The van der Waals surface area contributed by atoms with E-state index in [9.17, 15) is 4.79 Å². The number of carbonyl (C=O) groups excluding carboxylic acids is 1. The van der Waals surface area contributed by atoms with Gasteiger partial charge in [0.2, 0.25) is 0 Å². The highest BCUT2D eigenvalue weighted by atomic mass is 127. The molecule has 2 aromatic rings. The Hall–Kier alpha value is -1.76. The quantitative estimate of drug-likeness (QED) is 0.814. The average molecular weight is 395 g/mol. The van der Waals surface area contributed by atoms with E-state index in [0.29, 0.717) is 18.7 Å². The van der Waals surface area contributed by atoms with Crippen LogP contribution in [0.1, 0.15) is 10.4 Å². The second kappa shape index (κ2) is 6.34. The van der Waals surface area contributed by atoms with Gasteiger partial charge in [-0.2, -0.15) is 0 Å². The number of amides is 1. The molecule has 1 heterocycles. The van der Waals surface area contributed by atoms with Crippen LogP contribution in [0.5, 0.6) is 11.5 Å². The first-order valence-electron chi connectivity index (χ1n) is 6.64. The Kier molecular flexibility index (Phi) is 4.28. The van der Waals surface area contributed by atoms with E-state index in [2.05, 4.69) is 27.9 Å². The van der Waals surface area contributed by atoms with Crippen molar-refractivity contribution in [2.45, 2.75) is 6.10 Å². The normalized spacial score (nSPS) is 16.3. The molecule has 1 N–H and O–H groups in total. The van der Waals surface area contributed by atoms with Gasteiger partial charge in [0.15, 0.2) is 11.5 Å². The van der Waals surface area contributed by atoms with Crippen LogP contribution in [-0.2, 0) is 0 Å². The Morgan fingerprint density at radius 3 is 2.62 bits per heavy atom. The minimum absolute atomic E-state index is 0.103. The minimum Gasteiger partial charge on any atom is -0.486 e. The second-order valence-electron chi connectivity index (χ2n) is 4.71. The van der Waals surface area contributed by atoms with Crippen molar-refractivity contribution in [3.63, 3.8) is 0 Å². The number of ether oxygens (including phenoxy) is 2. The van der Waals surface area contributed by atoms with Crippen molar-refractivity contribution in [1.29, 1.82) is 0 Å². The Bertz CT molecular complexity index is 642. The lowest BCUT2D eigenvalue weighted by Crippen LogP contribution is -2.40. The van der Waals surface area contributed by atoms with E-state index in [1.165, 1.54) is 0 Å². The van der Waals surface area contributed by atoms with E-state index in [4.69, 9.17) is 9.47 Å². The molecule has 3 rings (SSSR count). The summed E-state index contributed by atoms with van der Waals surface area (Å²) < 4.78 is 12.5. The van der Waals surface area contributed by atoms with Gasteiger partial charge in [-0.1, -0.05) is 12.1 Å². The van der Waals surface area contributed by atoms with Crippen LogP contribution in [0.25, 0.3) is 0 Å². The first-order valence-corrected chi connectivity index (χ1v) is 7.72. The molecule has 0 saturated heterocycles. The fraction of sp³-hybridized carbons (Fsp3) is 0.188. The highest BCUT2D eigenvalue weighted by Gasteiger charge is 2.21. The van der Waals surface area contributed by atoms with E-state index < -0.39 is 0 Å². The Balaban J connectivity index is 1.56. The summed E-state index contributed by atoms with van der Waals surface area (Å²) in [6.45, 7) is 0.850. The molecule has 108 valence electrons. The van der Waals surface area contributed by atoms with Crippen LogP contribution in [0.15, 0.2) is 48.5 Å². The molecular formula is C16H14INO3. The number of halogens is 1. The maximum atomic E-state index is 12.0. The van der Waals surface area contributed by atoms with E-state index in [1.807, 2.05) is 48.5 Å². The summed E-state index contributed by atoms with van der Waals surface area (Å²) in [5.41, 5.74) is 0.646. The van der Waals surface area contributed by atoms with Gasteiger partial charge in [-0.15, -0.1) is 0 Å². The van der Waals surface area contributed by atoms with E-state index in [1.54, 1.807) is 0 Å². The number of hydrogen-bond acceptors (Lipinski definition) is 3. The molecule has 21 heavy (non-hydrogen) atoms. The fourth-order valence-corrected chi connectivity index (χ4v) is 2.43. The molecule has 0 unspecified atom stereocenters. The molecule has 0 aliphatic carbocycles. The maximum absolute atomic E-state index is 12.0. The zero-order valence-corrected chi connectivity index (χ0v) is 13.4. The van der Waals surface area contributed by atoms with Gasteiger partial charge in [0.25, 0.3) is 5.91 Å². The van der Waals surface area contributed by atoms with Crippen molar-refractivity contribution in [2.75, 3.05) is 13.2 Å². The van der Waals surface area contributed by atoms with Crippen LogP contribution in [0.3, 0.4) is 0 Å². The van der Waals surface area contributed by atoms with Crippen LogP contribution < -0.4 is 14.8 Å². The molecule has 1 aliphatic heterocycles. The van der Waals surface area contributed by atoms with Crippen LogP contribution >= 0.6 is 22.6 Å². The molecule has 0 radical (unpaired) electrons. The Morgan fingerprint density at radius 1 is 1.14 bits per heavy atom. The third-order valence-electron chi connectivity index (χ3n) is 3.16. The van der Waals surface area contributed by atoms with E-state index in [-0.39, 0.29) is 12.0 Å². The number of rotatable bonds is 3. The summed E-state index contributed by atoms with van der Waals surface area (Å²) in [4.78, 5) is 12.0. The summed E-state index contributed by atoms with van der Waals surface area (Å²) in [7, 11) is 0. The van der Waals surface area contributed by atoms with Crippen molar-refractivity contribution in [3.05, 3.63) is 57.7 Å². The van der Waals surface area contributed by atoms with Crippen molar-refractivity contribution in [2.24, 2.45) is 0 Å². The topological polar surface area (TPSA) is 47.6 Å². The molecule has 0 bridgehead atoms. The summed E-state index contributed by atoms with van der Waals surface area (Å²) in [5.74, 6) is 1.36. The largest absolute Gasteiger partial charge is 0.486 e. The molecule has 1 atom stereocenters. The zero-order valence-electron chi connectivity index (χ0n) is 11.2. The van der Waals surface area contributed by atoms with Crippen LogP contribution in [0, 0.1) is 3.57 Å². The van der Waals surface area contributed by atoms with Crippen LogP contribution in [-0.4, -0.2) is 25.2 Å². The van der Waals surface area contributed by atoms with Crippen molar-refractivity contribution < 1.29 is 14.3 Å². The zero-order chi connectivity index (χ0) is 14.7. The third-order valence-corrected chi connectivity index (χ3v) is 3.88. The number of hydrogen-bond donors (Lipinski definition) is 1. The third kappa shape index (κ3) is 3.47. The predicted molar refractivity (Wildman–Crippen MR) is 87.8 cm³/mol. The van der Waals surface area contributed by atoms with E-state index in [0.717, 1.165) is 15.1 Å². The van der Waals surface area contributed by atoms with Gasteiger partial charge in [0.05, 0.1) is 6.54 Å². The highest BCUT2D eigenvalue weighted by molar-refractivity contribution is 14.1. The number of benzene rings is 2. The van der Waals surface area contributed by atoms with Gasteiger partial charge >= 0.3 is 0 Å². The molecule has 4 nitrogen and oxygen atoms in total. The van der Waals surface area contributed by atoms with Crippen molar-refractivity contribution in [3.8, 4) is 11.5 Å². The number of fused-ring (bicyclic) bond motifs is 1. The highest BCUT2D eigenvalue weighted by Crippen LogP contribution is 2.30.